The van der Waals surface area contributed by atoms with Crippen molar-refractivity contribution in [3.63, 3.8) is 0 Å². The lowest BCUT2D eigenvalue weighted by Crippen LogP contribution is -2.31. The van der Waals surface area contributed by atoms with Crippen molar-refractivity contribution in [2.45, 2.75) is 108 Å². The summed E-state index contributed by atoms with van der Waals surface area (Å²) in [6.07, 6.45) is -11.4. The molecule has 0 unspecified atom stereocenters. The maximum absolute atomic E-state index is 15.0. The normalized spacial score (nSPS) is 17.1. The fourth-order valence-corrected chi connectivity index (χ4v) is 6.05. The Morgan fingerprint density at radius 3 is 1.59 bits per heavy atom. The molecule has 1 aliphatic carbocycles. The first-order chi connectivity index (χ1) is 23.8. The van der Waals surface area contributed by atoms with Gasteiger partial charge in [-0.3, -0.25) is 0 Å². The summed E-state index contributed by atoms with van der Waals surface area (Å²) in [6.45, 7) is 2.04. The topological polar surface area (TPSA) is 27.7 Å². The molecule has 3 nitrogen and oxygen atoms in total. The van der Waals surface area contributed by atoms with Gasteiger partial charge < -0.3 is 14.2 Å². The van der Waals surface area contributed by atoms with Gasteiger partial charge in [-0.2, -0.15) is 17.6 Å². The minimum atomic E-state index is -5.36. The van der Waals surface area contributed by atoms with Gasteiger partial charge in [-0.15, -0.1) is 13.2 Å². The highest BCUT2D eigenvalue weighted by molar-refractivity contribution is 5.35. The van der Waals surface area contributed by atoms with Gasteiger partial charge in [-0.05, 0) is 79.8 Å². The van der Waals surface area contributed by atoms with Gasteiger partial charge in [-0.1, -0.05) is 39.0 Å². The zero-order chi connectivity index (χ0) is 37.7. The summed E-state index contributed by atoms with van der Waals surface area (Å²) >= 11 is 0. The van der Waals surface area contributed by atoms with Crippen LogP contribution in [0.3, 0.4) is 0 Å². The van der Waals surface area contributed by atoms with Crippen LogP contribution in [0.25, 0.3) is 0 Å². The molecule has 0 aliphatic heterocycles. The SMILES string of the molecule is CCCCCCCCc1cc(F)c(C(F)(F)Oc2cc(F)c(C(F)(F)OC3CCC(c4cc(F)c(OC(F)(F)F)c(F)c4)CC3)c(F)c2)c(F)c1. The maximum atomic E-state index is 15.0. The van der Waals surface area contributed by atoms with Crippen molar-refractivity contribution in [3.05, 3.63) is 93.6 Å². The van der Waals surface area contributed by atoms with Crippen LogP contribution in [0, 0.1) is 34.9 Å². The van der Waals surface area contributed by atoms with Crippen LogP contribution < -0.4 is 9.47 Å². The first-order valence-corrected chi connectivity index (χ1v) is 16.2. The fourth-order valence-electron chi connectivity index (χ4n) is 6.05. The van der Waals surface area contributed by atoms with Gasteiger partial charge in [0.1, 0.15) is 40.1 Å². The molecule has 282 valence electrons. The van der Waals surface area contributed by atoms with Crippen LogP contribution in [0.4, 0.5) is 57.1 Å². The molecule has 0 N–H and O–H groups in total. The number of rotatable bonds is 15. The lowest BCUT2D eigenvalue weighted by Gasteiger charge is -2.32. The van der Waals surface area contributed by atoms with Gasteiger partial charge >= 0.3 is 18.6 Å². The summed E-state index contributed by atoms with van der Waals surface area (Å²) in [5, 5.41) is 0. The van der Waals surface area contributed by atoms with Crippen LogP contribution in [0.1, 0.15) is 99.3 Å². The highest BCUT2D eigenvalue weighted by Gasteiger charge is 2.45. The van der Waals surface area contributed by atoms with E-state index in [4.69, 9.17) is 0 Å². The smallest absolute Gasteiger partial charge is 0.429 e. The Hall–Kier alpha value is -3.69. The van der Waals surface area contributed by atoms with Crippen molar-refractivity contribution in [2.24, 2.45) is 0 Å². The van der Waals surface area contributed by atoms with E-state index >= 15 is 8.78 Å². The number of benzene rings is 3. The van der Waals surface area contributed by atoms with Crippen LogP contribution in [0.2, 0.25) is 0 Å². The van der Waals surface area contributed by atoms with E-state index in [0.29, 0.717) is 30.7 Å². The van der Waals surface area contributed by atoms with Crippen molar-refractivity contribution in [1.29, 1.82) is 0 Å². The van der Waals surface area contributed by atoms with Gasteiger partial charge in [0.25, 0.3) is 0 Å². The molecule has 3 aromatic carbocycles. The highest BCUT2D eigenvalue weighted by atomic mass is 19.4. The Labute approximate surface area is 284 Å². The van der Waals surface area contributed by atoms with Crippen LogP contribution in [-0.4, -0.2) is 12.5 Å². The lowest BCUT2D eigenvalue weighted by atomic mass is 9.82. The Kier molecular flexibility index (Phi) is 12.8. The molecule has 0 radical (unpaired) electrons. The summed E-state index contributed by atoms with van der Waals surface area (Å²) in [7, 11) is 0. The summed E-state index contributed by atoms with van der Waals surface area (Å²) in [5.74, 6) is -14.6. The molecule has 3 aromatic rings. The maximum Gasteiger partial charge on any atom is 0.573 e. The summed E-state index contributed by atoms with van der Waals surface area (Å²) in [5.41, 5.74) is -3.80. The standard InChI is InChI=1S/C35H33F13O3/c1-2-3-4-5-6-7-8-19-13-24(36)30(25(37)14-19)34(44,45)50-23-17-26(38)31(27(39)18-23)33(42,43)49-22-11-9-20(10-12-22)21-15-28(40)32(29(41)16-21)51-35(46,47)48/h13-18,20,22H,2-12H2,1H3. The van der Waals surface area contributed by atoms with Crippen molar-refractivity contribution < 1.29 is 71.3 Å². The molecule has 16 heteroatoms. The number of hydrogen-bond acceptors (Lipinski definition) is 3. The number of alkyl halides is 7. The Morgan fingerprint density at radius 2 is 1.06 bits per heavy atom. The quantitative estimate of drug-likeness (QED) is 0.114. The zero-order valence-electron chi connectivity index (χ0n) is 27.0. The predicted octanol–water partition coefficient (Wildman–Crippen LogP) is 12.2. The van der Waals surface area contributed by atoms with Crippen LogP contribution >= 0.6 is 0 Å². The van der Waals surface area contributed by atoms with Crippen molar-refractivity contribution in [1.82, 2.24) is 0 Å². The second-order valence-electron chi connectivity index (χ2n) is 12.3. The summed E-state index contributed by atoms with van der Waals surface area (Å²) in [4.78, 5) is 0. The van der Waals surface area contributed by atoms with Crippen molar-refractivity contribution in [2.75, 3.05) is 0 Å². The van der Waals surface area contributed by atoms with Crippen LogP contribution in [0.5, 0.6) is 11.5 Å². The number of hydrogen-bond donors (Lipinski definition) is 0. The van der Waals surface area contributed by atoms with Crippen LogP contribution in [0.15, 0.2) is 36.4 Å². The van der Waals surface area contributed by atoms with Gasteiger partial charge in [0.15, 0.2) is 11.6 Å². The molecule has 0 spiro atoms. The monoisotopic (exact) mass is 748 g/mol. The molecule has 0 bridgehead atoms. The number of ether oxygens (including phenoxy) is 3. The van der Waals surface area contributed by atoms with E-state index in [1.54, 1.807) is 0 Å². The first kappa shape index (κ1) is 40.1. The minimum Gasteiger partial charge on any atom is -0.429 e. The first-order valence-electron chi connectivity index (χ1n) is 16.2. The zero-order valence-corrected chi connectivity index (χ0v) is 27.0. The van der Waals surface area contributed by atoms with E-state index in [1.165, 1.54) is 0 Å². The molecule has 0 amide bonds. The molecule has 0 atom stereocenters. The number of halogens is 13. The average Bonchev–Trinajstić information content (AvgIpc) is 2.99. The molecule has 1 saturated carbocycles. The van der Waals surface area contributed by atoms with Gasteiger partial charge in [0.05, 0.1) is 6.10 Å². The molecular formula is C35H33F13O3. The Morgan fingerprint density at radius 1 is 0.569 bits per heavy atom. The van der Waals surface area contributed by atoms with E-state index in [-0.39, 0.29) is 55.4 Å². The van der Waals surface area contributed by atoms with E-state index < -0.39 is 88.1 Å². The summed E-state index contributed by atoms with van der Waals surface area (Å²) < 4.78 is 197. The van der Waals surface area contributed by atoms with E-state index in [1.807, 2.05) is 6.92 Å². The van der Waals surface area contributed by atoms with E-state index in [2.05, 4.69) is 14.2 Å². The molecule has 1 aliphatic rings. The third-order valence-electron chi connectivity index (χ3n) is 8.46. The average molecular weight is 749 g/mol. The van der Waals surface area contributed by atoms with Gasteiger partial charge in [-0.25, -0.2) is 26.3 Å². The molecule has 4 rings (SSSR count). The van der Waals surface area contributed by atoms with Crippen LogP contribution in [-0.2, 0) is 23.4 Å². The fraction of sp³-hybridized carbons (Fsp3) is 0.486. The van der Waals surface area contributed by atoms with E-state index in [9.17, 15) is 48.3 Å². The van der Waals surface area contributed by atoms with Gasteiger partial charge in [0, 0.05) is 12.1 Å². The molecule has 0 heterocycles. The molecule has 0 saturated heterocycles. The predicted molar refractivity (Wildman–Crippen MR) is 157 cm³/mol. The lowest BCUT2D eigenvalue weighted by molar-refractivity contribution is -0.280. The van der Waals surface area contributed by atoms with E-state index in [0.717, 1.165) is 32.1 Å². The molecule has 1 fully saturated rings. The number of unbranched alkanes of at least 4 members (excludes halogenated alkanes) is 5. The van der Waals surface area contributed by atoms with Crippen molar-refractivity contribution >= 4 is 0 Å². The Bertz CT molecular complexity index is 1580. The minimum absolute atomic E-state index is 0.0293. The second kappa shape index (κ2) is 16.3. The largest absolute Gasteiger partial charge is 0.573 e. The third-order valence-corrected chi connectivity index (χ3v) is 8.46. The second-order valence-corrected chi connectivity index (χ2v) is 12.3. The number of aryl methyl sites for hydroxylation is 1. The molecular weight excluding hydrogens is 715 g/mol. The third kappa shape index (κ3) is 10.4. The molecule has 0 aromatic heterocycles. The van der Waals surface area contributed by atoms with Gasteiger partial charge in [0.2, 0.25) is 5.75 Å². The Balaban J connectivity index is 1.40. The highest BCUT2D eigenvalue weighted by Crippen LogP contribution is 2.43. The van der Waals surface area contributed by atoms with Crippen molar-refractivity contribution in [3.8, 4) is 11.5 Å². The molecule has 51 heavy (non-hydrogen) atoms. The summed E-state index contributed by atoms with van der Waals surface area (Å²) in [6, 6.07) is 2.54.